The lowest BCUT2D eigenvalue weighted by atomic mass is 9.81. The molecule has 23 heavy (non-hydrogen) atoms. The van der Waals surface area contributed by atoms with Gasteiger partial charge in [-0.05, 0) is 26.0 Å². The van der Waals surface area contributed by atoms with Crippen LogP contribution in [0, 0.1) is 29.6 Å². The summed E-state index contributed by atoms with van der Waals surface area (Å²) in [5, 5.41) is 0. The van der Waals surface area contributed by atoms with E-state index >= 15 is 0 Å². The highest BCUT2D eigenvalue weighted by atomic mass is 16.6. The maximum absolute atomic E-state index is 12.3. The molecule has 1 rings (SSSR count). The lowest BCUT2D eigenvalue weighted by Gasteiger charge is -2.25. The van der Waals surface area contributed by atoms with Crippen molar-refractivity contribution in [2.24, 2.45) is 5.41 Å². The first-order valence-electron chi connectivity index (χ1n) is 7.42. The summed E-state index contributed by atoms with van der Waals surface area (Å²) in [6.07, 6.45) is 5.18. The number of hydrogen-bond acceptors (Lipinski definition) is 4. The van der Waals surface area contributed by atoms with Gasteiger partial charge >= 0.3 is 11.9 Å². The van der Waals surface area contributed by atoms with Crippen molar-refractivity contribution in [3.05, 3.63) is 35.9 Å². The minimum atomic E-state index is -1.58. The molecule has 120 valence electrons. The van der Waals surface area contributed by atoms with Gasteiger partial charge in [-0.3, -0.25) is 9.59 Å². The maximum Gasteiger partial charge on any atom is 0.325 e. The molecule has 0 saturated heterocycles. The third kappa shape index (κ3) is 4.90. The molecule has 0 spiro atoms. The topological polar surface area (TPSA) is 52.6 Å². The van der Waals surface area contributed by atoms with E-state index in [1.165, 1.54) is 0 Å². The predicted molar refractivity (Wildman–Crippen MR) is 87.1 cm³/mol. The van der Waals surface area contributed by atoms with Gasteiger partial charge in [0.25, 0.3) is 0 Å². The molecule has 0 aliphatic heterocycles. The van der Waals surface area contributed by atoms with Crippen LogP contribution in [0.15, 0.2) is 30.3 Å². The van der Waals surface area contributed by atoms with Crippen molar-refractivity contribution in [2.75, 3.05) is 13.2 Å². The Morgan fingerprint density at radius 3 is 2.09 bits per heavy atom. The van der Waals surface area contributed by atoms with Gasteiger partial charge in [0.05, 0.1) is 13.2 Å². The van der Waals surface area contributed by atoms with Gasteiger partial charge in [0, 0.05) is 18.4 Å². The highest BCUT2D eigenvalue weighted by Crippen LogP contribution is 2.30. The van der Waals surface area contributed by atoms with Gasteiger partial charge in [0.15, 0.2) is 5.41 Å². The van der Waals surface area contributed by atoms with Crippen LogP contribution < -0.4 is 0 Å². The van der Waals surface area contributed by atoms with Crippen LogP contribution >= 0.6 is 0 Å². The minimum Gasteiger partial charge on any atom is -0.465 e. The first-order chi connectivity index (χ1) is 11.1. The molecular formula is C19H20O4. The Morgan fingerprint density at radius 1 is 1.04 bits per heavy atom. The number of benzene rings is 1. The number of hydrogen-bond donors (Lipinski definition) is 0. The second-order valence-electron chi connectivity index (χ2n) is 4.75. The number of carbonyl (C=O) groups is 2. The predicted octanol–water partition coefficient (Wildman–Crippen LogP) is 2.56. The average molecular weight is 312 g/mol. The molecule has 4 nitrogen and oxygen atoms in total. The van der Waals surface area contributed by atoms with Crippen molar-refractivity contribution in [2.45, 2.75) is 26.7 Å². The summed E-state index contributed by atoms with van der Waals surface area (Å²) in [5.74, 6) is 6.75. The van der Waals surface area contributed by atoms with E-state index < -0.39 is 17.4 Å². The smallest absolute Gasteiger partial charge is 0.325 e. The van der Waals surface area contributed by atoms with Gasteiger partial charge in [0.1, 0.15) is 0 Å². The van der Waals surface area contributed by atoms with Crippen LogP contribution in [0.25, 0.3) is 0 Å². The molecule has 0 fully saturated rings. The van der Waals surface area contributed by atoms with Gasteiger partial charge in [-0.1, -0.05) is 30.0 Å². The number of ether oxygens (including phenoxy) is 2. The molecule has 0 bridgehead atoms. The summed E-state index contributed by atoms with van der Waals surface area (Å²) >= 11 is 0. The monoisotopic (exact) mass is 312 g/mol. The van der Waals surface area contributed by atoms with Crippen molar-refractivity contribution >= 4 is 11.9 Å². The molecule has 0 N–H and O–H groups in total. The molecule has 0 atom stereocenters. The van der Waals surface area contributed by atoms with E-state index in [2.05, 4.69) is 17.8 Å². The summed E-state index contributed by atoms with van der Waals surface area (Å²) in [5.41, 5.74) is -0.794. The zero-order valence-corrected chi connectivity index (χ0v) is 13.4. The second-order valence-corrected chi connectivity index (χ2v) is 4.75. The molecule has 1 aromatic rings. The Balaban J connectivity index is 3.11. The normalized spacial score (nSPS) is 9.96. The molecule has 0 aliphatic carbocycles. The summed E-state index contributed by atoms with van der Waals surface area (Å²) in [6.45, 7) is 3.63. The van der Waals surface area contributed by atoms with Gasteiger partial charge in [0.2, 0.25) is 0 Å². The highest BCUT2D eigenvalue weighted by Gasteiger charge is 2.48. The van der Waals surface area contributed by atoms with Crippen LogP contribution in [-0.2, 0) is 19.1 Å². The summed E-state index contributed by atoms with van der Waals surface area (Å²) in [7, 11) is 0. The molecule has 0 heterocycles. The lowest BCUT2D eigenvalue weighted by molar-refractivity contribution is -0.171. The van der Waals surface area contributed by atoms with Gasteiger partial charge in [-0.25, -0.2) is 0 Å². The van der Waals surface area contributed by atoms with E-state index in [0.29, 0.717) is 0 Å². The Kier molecular flexibility index (Phi) is 7.43. The SMILES string of the molecule is C#CCC(CC#Cc1ccccc1)(C(=O)OCC)C(=O)OCC. The van der Waals surface area contributed by atoms with Crippen LogP contribution in [0.3, 0.4) is 0 Å². The number of carbonyl (C=O) groups excluding carboxylic acids is 2. The molecular weight excluding hydrogens is 292 g/mol. The number of rotatable bonds is 6. The average Bonchev–Trinajstić information content (AvgIpc) is 2.55. The van der Waals surface area contributed by atoms with Crippen molar-refractivity contribution < 1.29 is 19.1 Å². The van der Waals surface area contributed by atoms with Gasteiger partial charge < -0.3 is 9.47 Å². The van der Waals surface area contributed by atoms with Crippen molar-refractivity contribution in [3.63, 3.8) is 0 Å². The van der Waals surface area contributed by atoms with Crippen LogP contribution in [0.4, 0.5) is 0 Å². The number of terminal acetylenes is 1. The molecule has 0 aromatic heterocycles. The largest absolute Gasteiger partial charge is 0.465 e. The van der Waals surface area contributed by atoms with Gasteiger partial charge in [-0.15, -0.1) is 12.3 Å². The van der Waals surface area contributed by atoms with Crippen molar-refractivity contribution in [1.29, 1.82) is 0 Å². The minimum absolute atomic E-state index is 0.0518. The van der Waals surface area contributed by atoms with E-state index in [0.717, 1.165) is 5.56 Å². The Morgan fingerprint density at radius 2 is 1.61 bits per heavy atom. The molecule has 0 unspecified atom stereocenters. The van der Waals surface area contributed by atoms with E-state index in [1.807, 2.05) is 30.3 Å². The third-order valence-corrected chi connectivity index (χ3v) is 3.13. The number of esters is 2. The summed E-state index contributed by atoms with van der Waals surface area (Å²) in [4.78, 5) is 24.7. The first kappa shape index (κ1) is 18.3. The fourth-order valence-corrected chi connectivity index (χ4v) is 1.97. The molecule has 1 aromatic carbocycles. The Bertz CT molecular complexity index is 611. The fraction of sp³-hybridized carbons (Fsp3) is 0.368. The van der Waals surface area contributed by atoms with Crippen LogP contribution in [0.1, 0.15) is 32.3 Å². The van der Waals surface area contributed by atoms with E-state index in [1.54, 1.807) is 13.8 Å². The quantitative estimate of drug-likeness (QED) is 0.460. The Hall–Kier alpha value is -2.72. The van der Waals surface area contributed by atoms with Crippen LogP contribution in [0.2, 0.25) is 0 Å². The zero-order valence-electron chi connectivity index (χ0n) is 13.4. The highest BCUT2D eigenvalue weighted by molar-refractivity contribution is 6.00. The molecule has 0 radical (unpaired) electrons. The van der Waals surface area contributed by atoms with Crippen LogP contribution in [-0.4, -0.2) is 25.2 Å². The van der Waals surface area contributed by atoms with Gasteiger partial charge in [-0.2, -0.15) is 0 Å². The third-order valence-electron chi connectivity index (χ3n) is 3.13. The lowest BCUT2D eigenvalue weighted by Crippen LogP contribution is -2.41. The summed E-state index contributed by atoms with van der Waals surface area (Å²) in [6, 6.07) is 9.27. The van der Waals surface area contributed by atoms with Crippen molar-refractivity contribution in [3.8, 4) is 24.2 Å². The molecule has 4 heteroatoms. The van der Waals surface area contributed by atoms with E-state index in [9.17, 15) is 9.59 Å². The van der Waals surface area contributed by atoms with E-state index in [-0.39, 0.29) is 26.1 Å². The maximum atomic E-state index is 12.3. The summed E-state index contributed by atoms with van der Waals surface area (Å²) < 4.78 is 10.1. The molecule has 0 aliphatic rings. The van der Waals surface area contributed by atoms with Crippen molar-refractivity contribution in [1.82, 2.24) is 0 Å². The van der Waals surface area contributed by atoms with E-state index in [4.69, 9.17) is 15.9 Å². The molecule has 0 saturated carbocycles. The fourth-order valence-electron chi connectivity index (χ4n) is 1.97. The molecule has 0 amide bonds. The second kappa shape index (κ2) is 9.33. The zero-order chi connectivity index (χ0) is 17.1. The standard InChI is InChI=1S/C19H20O4/c1-4-14-19(17(20)22-5-2,18(21)23-6-3)15-10-13-16-11-8-7-9-12-16/h1,7-9,11-12H,5-6,14-15H2,2-3H3. The Labute approximate surface area is 137 Å². The first-order valence-corrected chi connectivity index (χ1v) is 7.42. The van der Waals surface area contributed by atoms with Crippen LogP contribution in [0.5, 0.6) is 0 Å².